The van der Waals surface area contributed by atoms with E-state index in [1.54, 1.807) is 42.5 Å². The number of nitrogens with zero attached hydrogens (tertiary/aromatic N) is 3. The lowest BCUT2D eigenvalue weighted by Crippen LogP contribution is -2.40. The Morgan fingerprint density at radius 3 is 2.13 bits per heavy atom. The van der Waals surface area contributed by atoms with Gasteiger partial charge >= 0.3 is 0 Å². The molecule has 1 saturated heterocycles. The summed E-state index contributed by atoms with van der Waals surface area (Å²) in [6.07, 6.45) is -0.579. The highest BCUT2D eigenvalue weighted by Crippen LogP contribution is 2.18. The standard InChI is InChI=1S/C20H13N5O5/c26-15(9-13-17(27)22-23-18(13)28)24-19(29)11-6-2-1-5-10(11)16-21-14-8-4-3-7-12(14)20(30)25(16)24/h1-8,13H,9H2,(H,22,27)(H,23,28). The molecule has 0 unspecified atom stereocenters. The van der Waals surface area contributed by atoms with Crippen molar-refractivity contribution in [2.24, 2.45) is 5.92 Å². The van der Waals surface area contributed by atoms with Crippen molar-refractivity contribution in [1.82, 2.24) is 25.0 Å². The summed E-state index contributed by atoms with van der Waals surface area (Å²) >= 11 is 0. The van der Waals surface area contributed by atoms with Crippen LogP contribution in [0.15, 0.2) is 58.1 Å². The molecule has 3 heterocycles. The second kappa shape index (κ2) is 6.34. The fourth-order valence-corrected chi connectivity index (χ4v) is 3.64. The SMILES string of the molecule is O=C1NNC(=O)C1CC(=O)n1c(=O)c2ccccc2c2nc3ccccc3c(=O)n21. The Bertz CT molecular complexity index is 1520. The molecule has 4 aromatic rings. The van der Waals surface area contributed by atoms with Crippen molar-refractivity contribution >= 4 is 45.0 Å². The van der Waals surface area contributed by atoms with Gasteiger partial charge in [-0.3, -0.25) is 34.8 Å². The smallest absolute Gasteiger partial charge is 0.272 e. The van der Waals surface area contributed by atoms with Gasteiger partial charge < -0.3 is 0 Å². The first-order valence-corrected chi connectivity index (χ1v) is 9.06. The number of fused-ring (bicyclic) bond motifs is 4. The molecule has 0 bridgehead atoms. The molecule has 2 amide bonds. The first-order chi connectivity index (χ1) is 14.5. The Labute approximate surface area is 166 Å². The minimum atomic E-state index is -1.30. The third-order valence-corrected chi connectivity index (χ3v) is 5.10. The quantitative estimate of drug-likeness (QED) is 0.274. The zero-order chi connectivity index (χ0) is 21.0. The zero-order valence-electron chi connectivity index (χ0n) is 15.3. The van der Waals surface area contributed by atoms with Crippen molar-refractivity contribution in [2.75, 3.05) is 0 Å². The average molecular weight is 403 g/mol. The largest absolute Gasteiger partial charge is 0.281 e. The van der Waals surface area contributed by atoms with Crippen LogP contribution >= 0.6 is 0 Å². The van der Waals surface area contributed by atoms with Gasteiger partial charge in [-0.2, -0.15) is 9.20 Å². The number of hydrogen-bond acceptors (Lipinski definition) is 6. The highest BCUT2D eigenvalue weighted by atomic mass is 16.2. The van der Waals surface area contributed by atoms with E-state index in [0.717, 1.165) is 4.52 Å². The second-order valence-electron chi connectivity index (χ2n) is 6.86. The number of aromatic nitrogens is 3. The summed E-state index contributed by atoms with van der Waals surface area (Å²) < 4.78 is 1.58. The minimum absolute atomic E-state index is 0.127. The van der Waals surface area contributed by atoms with Gasteiger partial charge in [-0.1, -0.05) is 30.3 Å². The highest BCUT2D eigenvalue weighted by Gasteiger charge is 2.36. The van der Waals surface area contributed by atoms with Crippen LogP contribution in [0.1, 0.15) is 11.2 Å². The van der Waals surface area contributed by atoms with E-state index >= 15 is 0 Å². The van der Waals surface area contributed by atoms with Gasteiger partial charge in [0.05, 0.1) is 16.3 Å². The molecule has 0 atom stereocenters. The summed E-state index contributed by atoms with van der Waals surface area (Å²) in [5.41, 5.74) is 3.47. The van der Waals surface area contributed by atoms with Crippen molar-refractivity contribution in [3.63, 3.8) is 0 Å². The number of nitrogens with one attached hydrogen (secondary N) is 2. The molecule has 1 aliphatic heterocycles. The Morgan fingerprint density at radius 2 is 1.43 bits per heavy atom. The van der Waals surface area contributed by atoms with E-state index in [4.69, 9.17) is 0 Å². The molecule has 1 fully saturated rings. The molecule has 0 aliphatic carbocycles. The van der Waals surface area contributed by atoms with Crippen LogP contribution in [0, 0.1) is 5.92 Å². The number of carbonyl (C=O) groups excluding carboxylic acids is 3. The van der Waals surface area contributed by atoms with Crippen molar-refractivity contribution in [1.29, 1.82) is 0 Å². The predicted octanol–water partition coefficient (Wildman–Crippen LogP) is -0.0299. The van der Waals surface area contributed by atoms with Gasteiger partial charge in [0.1, 0.15) is 5.92 Å². The van der Waals surface area contributed by atoms with E-state index in [9.17, 15) is 24.0 Å². The average Bonchev–Trinajstić information content (AvgIpc) is 3.07. The molecular formula is C20H13N5O5. The maximum Gasteiger partial charge on any atom is 0.281 e. The van der Waals surface area contributed by atoms with Crippen LogP contribution < -0.4 is 22.0 Å². The van der Waals surface area contributed by atoms with Crippen molar-refractivity contribution < 1.29 is 14.4 Å². The Hall–Kier alpha value is -4.34. The molecule has 30 heavy (non-hydrogen) atoms. The monoisotopic (exact) mass is 403 g/mol. The van der Waals surface area contributed by atoms with Gasteiger partial charge in [-0.15, -0.1) is 0 Å². The summed E-state index contributed by atoms with van der Waals surface area (Å²) in [6.45, 7) is 0. The van der Waals surface area contributed by atoms with Gasteiger partial charge in [-0.25, -0.2) is 4.98 Å². The van der Waals surface area contributed by atoms with Crippen molar-refractivity contribution in [2.45, 2.75) is 6.42 Å². The van der Waals surface area contributed by atoms with Gasteiger partial charge in [0, 0.05) is 11.8 Å². The van der Waals surface area contributed by atoms with Crippen molar-refractivity contribution in [3.05, 3.63) is 69.2 Å². The number of carbonyl (C=O) groups is 3. The van der Waals surface area contributed by atoms with E-state index < -0.39 is 41.2 Å². The minimum Gasteiger partial charge on any atom is -0.272 e. The molecule has 2 aromatic heterocycles. The molecule has 5 rings (SSSR count). The van der Waals surface area contributed by atoms with E-state index in [-0.39, 0.29) is 16.4 Å². The highest BCUT2D eigenvalue weighted by molar-refractivity contribution is 6.08. The number of amides is 2. The van der Waals surface area contributed by atoms with Crippen LogP contribution in [0.25, 0.3) is 27.3 Å². The Balaban J connectivity index is 1.87. The number of rotatable bonds is 2. The summed E-state index contributed by atoms with van der Waals surface area (Å²) in [7, 11) is 0. The number of benzene rings is 2. The molecule has 10 heteroatoms. The summed E-state index contributed by atoms with van der Waals surface area (Å²) in [4.78, 5) is 67.6. The molecule has 0 radical (unpaired) electrons. The van der Waals surface area contributed by atoms with Crippen LogP contribution in [0.2, 0.25) is 0 Å². The fourth-order valence-electron chi connectivity index (χ4n) is 3.64. The predicted molar refractivity (Wildman–Crippen MR) is 106 cm³/mol. The third kappa shape index (κ3) is 2.43. The van der Waals surface area contributed by atoms with Gasteiger partial charge in [0.15, 0.2) is 5.65 Å². The molecule has 10 nitrogen and oxygen atoms in total. The normalized spacial score (nSPS) is 14.4. The summed E-state index contributed by atoms with van der Waals surface area (Å²) in [5, 5.41) is 0.821. The fraction of sp³-hybridized carbons (Fsp3) is 0.100. The van der Waals surface area contributed by atoms with Crippen LogP contribution in [-0.4, -0.2) is 31.9 Å². The van der Waals surface area contributed by atoms with E-state index in [0.29, 0.717) is 15.6 Å². The first-order valence-electron chi connectivity index (χ1n) is 9.06. The summed E-state index contributed by atoms with van der Waals surface area (Å²) in [6, 6.07) is 13.1. The molecule has 0 spiro atoms. The van der Waals surface area contributed by atoms with Crippen LogP contribution in [0.5, 0.6) is 0 Å². The van der Waals surface area contributed by atoms with Gasteiger partial charge in [0.2, 0.25) is 5.91 Å². The van der Waals surface area contributed by atoms with E-state index in [1.165, 1.54) is 6.07 Å². The van der Waals surface area contributed by atoms with Crippen LogP contribution in [-0.2, 0) is 9.59 Å². The lowest BCUT2D eigenvalue weighted by molar-refractivity contribution is -0.127. The summed E-state index contributed by atoms with van der Waals surface area (Å²) in [5.74, 6) is -3.52. The lowest BCUT2D eigenvalue weighted by atomic mass is 10.1. The number of hydrazine groups is 1. The number of para-hydroxylation sites is 1. The molecular weight excluding hydrogens is 390 g/mol. The van der Waals surface area contributed by atoms with Gasteiger partial charge in [-0.05, 0) is 18.2 Å². The molecule has 0 saturated carbocycles. The maximum atomic E-state index is 13.2. The van der Waals surface area contributed by atoms with Crippen LogP contribution in [0.4, 0.5) is 0 Å². The molecule has 148 valence electrons. The Morgan fingerprint density at radius 1 is 0.833 bits per heavy atom. The van der Waals surface area contributed by atoms with Gasteiger partial charge in [0.25, 0.3) is 22.9 Å². The van der Waals surface area contributed by atoms with E-state index in [1.807, 2.05) is 0 Å². The molecule has 1 aliphatic rings. The van der Waals surface area contributed by atoms with E-state index in [2.05, 4.69) is 15.8 Å². The topological polar surface area (TPSA) is 132 Å². The first kappa shape index (κ1) is 17.7. The maximum absolute atomic E-state index is 13.2. The van der Waals surface area contributed by atoms with Crippen molar-refractivity contribution in [3.8, 4) is 0 Å². The Kier molecular flexibility index (Phi) is 3.75. The molecule has 2 aromatic carbocycles. The number of hydrogen-bond donors (Lipinski definition) is 2. The van der Waals surface area contributed by atoms with Crippen LogP contribution in [0.3, 0.4) is 0 Å². The lowest BCUT2D eigenvalue weighted by Gasteiger charge is -2.14. The third-order valence-electron chi connectivity index (χ3n) is 5.10. The second-order valence-corrected chi connectivity index (χ2v) is 6.86. The molecule has 2 N–H and O–H groups in total. The zero-order valence-corrected chi connectivity index (χ0v) is 15.3.